The summed E-state index contributed by atoms with van der Waals surface area (Å²) in [5.41, 5.74) is 1.05. The maximum Gasteiger partial charge on any atom is 0.225 e. The van der Waals surface area contributed by atoms with Crippen LogP contribution in [0.5, 0.6) is 0 Å². The molecule has 1 aromatic heterocycles. The molecule has 17 heavy (non-hydrogen) atoms. The van der Waals surface area contributed by atoms with E-state index in [1.807, 2.05) is 12.4 Å². The van der Waals surface area contributed by atoms with Gasteiger partial charge in [0.05, 0.1) is 6.10 Å². The number of aromatic nitrogens is 2. The molecule has 0 aliphatic carbocycles. The monoisotopic (exact) mass is 236 g/mol. The topological polar surface area (TPSA) is 61.3 Å². The molecule has 94 valence electrons. The minimum Gasteiger partial charge on any atom is -0.392 e. The van der Waals surface area contributed by atoms with Crippen LogP contribution in [0.15, 0.2) is 12.4 Å². The van der Waals surface area contributed by atoms with Gasteiger partial charge in [0, 0.05) is 44.1 Å². The zero-order valence-corrected chi connectivity index (χ0v) is 10.3. The lowest BCUT2D eigenvalue weighted by atomic mass is 10.3. The van der Waals surface area contributed by atoms with E-state index in [-0.39, 0.29) is 6.10 Å². The molecule has 1 fully saturated rings. The second kappa shape index (κ2) is 5.93. The van der Waals surface area contributed by atoms with E-state index in [1.165, 1.54) is 12.8 Å². The van der Waals surface area contributed by atoms with Crippen molar-refractivity contribution >= 4 is 5.95 Å². The highest BCUT2D eigenvalue weighted by Crippen LogP contribution is 2.14. The summed E-state index contributed by atoms with van der Waals surface area (Å²) in [6.45, 7) is 5.19. The SMILES string of the molecule is C[C@H](O)CNCc1cnc(N2CCCC2)nc1. The molecule has 0 unspecified atom stereocenters. The molecule has 1 aliphatic heterocycles. The fourth-order valence-corrected chi connectivity index (χ4v) is 1.95. The van der Waals surface area contributed by atoms with Crippen LogP contribution >= 0.6 is 0 Å². The Morgan fingerprint density at radius 3 is 2.59 bits per heavy atom. The number of hydrogen-bond donors (Lipinski definition) is 2. The van der Waals surface area contributed by atoms with E-state index in [1.54, 1.807) is 6.92 Å². The van der Waals surface area contributed by atoms with Gasteiger partial charge in [0.2, 0.25) is 5.95 Å². The first-order chi connectivity index (χ1) is 8.25. The summed E-state index contributed by atoms with van der Waals surface area (Å²) in [5.74, 6) is 0.835. The van der Waals surface area contributed by atoms with Gasteiger partial charge < -0.3 is 15.3 Å². The van der Waals surface area contributed by atoms with Crippen LogP contribution in [0.1, 0.15) is 25.3 Å². The third kappa shape index (κ3) is 3.64. The minimum absolute atomic E-state index is 0.320. The Hall–Kier alpha value is -1.20. The normalized spacial score (nSPS) is 17.4. The van der Waals surface area contributed by atoms with E-state index in [0.29, 0.717) is 13.1 Å². The van der Waals surface area contributed by atoms with Crippen molar-refractivity contribution in [1.29, 1.82) is 0 Å². The number of hydrogen-bond acceptors (Lipinski definition) is 5. The van der Waals surface area contributed by atoms with Crippen molar-refractivity contribution in [1.82, 2.24) is 15.3 Å². The van der Waals surface area contributed by atoms with Gasteiger partial charge in [-0.3, -0.25) is 0 Å². The number of aliphatic hydroxyl groups excluding tert-OH is 1. The highest BCUT2D eigenvalue weighted by Gasteiger charge is 2.14. The molecule has 5 heteroatoms. The molecule has 1 aromatic rings. The Morgan fingerprint density at radius 1 is 1.35 bits per heavy atom. The van der Waals surface area contributed by atoms with Crippen LogP contribution in [0.4, 0.5) is 5.95 Å². The Kier molecular flexibility index (Phi) is 4.28. The van der Waals surface area contributed by atoms with Crippen LogP contribution in [0.3, 0.4) is 0 Å². The molecule has 0 spiro atoms. The van der Waals surface area contributed by atoms with Crippen LogP contribution in [0.25, 0.3) is 0 Å². The lowest BCUT2D eigenvalue weighted by Gasteiger charge is -2.14. The average Bonchev–Trinajstić information content (AvgIpc) is 2.83. The quantitative estimate of drug-likeness (QED) is 0.781. The van der Waals surface area contributed by atoms with Crippen molar-refractivity contribution in [2.75, 3.05) is 24.5 Å². The van der Waals surface area contributed by atoms with E-state index < -0.39 is 0 Å². The minimum atomic E-state index is -0.320. The van der Waals surface area contributed by atoms with Gasteiger partial charge in [0.1, 0.15) is 0 Å². The van der Waals surface area contributed by atoms with E-state index in [4.69, 9.17) is 5.11 Å². The second-order valence-corrected chi connectivity index (χ2v) is 4.57. The predicted octanol–water partition coefficient (Wildman–Crippen LogP) is 0.547. The van der Waals surface area contributed by atoms with Gasteiger partial charge in [0.25, 0.3) is 0 Å². The molecule has 2 heterocycles. The Bertz CT molecular complexity index is 333. The number of anilines is 1. The fourth-order valence-electron chi connectivity index (χ4n) is 1.95. The first-order valence-corrected chi connectivity index (χ1v) is 6.20. The molecule has 1 aliphatic rings. The fraction of sp³-hybridized carbons (Fsp3) is 0.667. The molecule has 2 rings (SSSR count). The third-order valence-corrected chi connectivity index (χ3v) is 2.85. The lowest BCUT2D eigenvalue weighted by molar-refractivity contribution is 0.191. The molecule has 0 amide bonds. The van der Waals surface area contributed by atoms with Gasteiger partial charge in [-0.25, -0.2) is 9.97 Å². The van der Waals surface area contributed by atoms with E-state index in [2.05, 4.69) is 20.2 Å². The summed E-state index contributed by atoms with van der Waals surface area (Å²) in [7, 11) is 0. The van der Waals surface area contributed by atoms with Crippen molar-refractivity contribution in [3.05, 3.63) is 18.0 Å². The highest BCUT2D eigenvalue weighted by atomic mass is 16.3. The highest BCUT2D eigenvalue weighted by molar-refractivity contribution is 5.30. The molecule has 2 N–H and O–H groups in total. The van der Waals surface area contributed by atoms with Gasteiger partial charge in [-0.05, 0) is 19.8 Å². The molecular formula is C12H20N4O. The molecule has 0 aromatic carbocycles. The van der Waals surface area contributed by atoms with Crippen molar-refractivity contribution in [2.45, 2.75) is 32.4 Å². The largest absolute Gasteiger partial charge is 0.392 e. The molecule has 0 radical (unpaired) electrons. The smallest absolute Gasteiger partial charge is 0.225 e. The first-order valence-electron chi connectivity index (χ1n) is 6.20. The van der Waals surface area contributed by atoms with Gasteiger partial charge >= 0.3 is 0 Å². The molecular weight excluding hydrogens is 216 g/mol. The van der Waals surface area contributed by atoms with Gasteiger partial charge in [0.15, 0.2) is 0 Å². The lowest BCUT2D eigenvalue weighted by Crippen LogP contribution is -2.24. The third-order valence-electron chi connectivity index (χ3n) is 2.85. The summed E-state index contributed by atoms with van der Waals surface area (Å²) >= 11 is 0. The average molecular weight is 236 g/mol. The van der Waals surface area contributed by atoms with Crippen molar-refractivity contribution in [3.8, 4) is 0 Å². The molecule has 0 bridgehead atoms. The van der Waals surface area contributed by atoms with E-state index >= 15 is 0 Å². The van der Waals surface area contributed by atoms with E-state index in [0.717, 1.165) is 24.6 Å². The molecule has 1 atom stereocenters. The maximum atomic E-state index is 9.12. The first kappa shape index (κ1) is 12.3. The van der Waals surface area contributed by atoms with Gasteiger partial charge in [-0.15, -0.1) is 0 Å². The summed E-state index contributed by atoms with van der Waals surface area (Å²) in [6.07, 6.45) is 5.87. The van der Waals surface area contributed by atoms with Crippen molar-refractivity contribution in [3.63, 3.8) is 0 Å². The van der Waals surface area contributed by atoms with Crippen LogP contribution < -0.4 is 10.2 Å². The number of aliphatic hydroxyl groups is 1. The molecule has 5 nitrogen and oxygen atoms in total. The zero-order valence-electron chi connectivity index (χ0n) is 10.3. The van der Waals surface area contributed by atoms with Crippen LogP contribution in [-0.2, 0) is 6.54 Å². The Morgan fingerprint density at radius 2 is 2.00 bits per heavy atom. The summed E-state index contributed by atoms with van der Waals surface area (Å²) < 4.78 is 0. The predicted molar refractivity (Wildman–Crippen MR) is 66.9 cm³/mol. The van der Waals surface area contributed by atoms with Crippen LogP contribution in [-0.4, -0.2) is 40.8 Å². The second-order valence-electron chi connectivity index (χ2n) is 4.57. The molecule has 1 saturated heterocycles. The van der Waals surface area contributed by atoms with Crippen LogP contribution in [0, 0.1) is 0 Å². The maximum absolute atomic E-state index is 9.12. The molecule has 0 saturated carbocycles. The van der Waals surface area contributed by atoms with Crippen molar-refractivity contribution in [2.24, 2.45) is 0 Å². The zero-order chi connectivity index (χ0) is 12.1. The van der Waals surface area contributed by atoms with E-state index in [9.17, 15) is 0 Å². The van der Waals surface area contributed by atoms with Gasteiger partial charge in [-0.2, -0.15) is 0 Å². The standard InChI is InChI=1S/C12H20N4O/c1-10(17)6-13-7-11-8-14-12(15-9-11)16-4-2-3-5-16/h8-10,13,17H,2-7H2,1H3/t10-/m0/s1. The summed E-state index contributed by atoms with van der Waals surface area (Å²) in [4.78, 5) is 11.0. The number of nitrogens with one attached hydrogen (secondary N) is 1. The Balaban J connectivity index is 1.84. The number of nitrogens with zero attached hydrogens (tertiary/aromatic N) is 3. The van der Waals surface area contributed by atoms with Gasteiger partial charge in [-0.1, -0.05) is 0 Å². The van der Waals surface area contributed by atoms with Crippen LogP contribution in [0.2, 0.25) is 0 Å². The summed E-state index contributed by atoms with van der Waals surface area (Å²) in [5, 5.41) is 12.3. The number of rotatable bonds is 5. The van der Waals surface area contributed by atoms with Crippen molar-refractivity contribution < 1.29 is 5.11 Å². The Labute approximate surface area is 102 Å². The summed E-state index contributed by atoms with van der Waals surface area (Å²) in [6, 6.07) is 0.